The van der Waals surface area contributed by atoms with Crippen LogP contribution in [-0.2, 0) is 9.47 Å². The third-order valence-corrected chi connectivity index (χ3v) is 0.856. The highest BCUT2D eigenvalue weighted by Crippen LogP contribution is 2.16. The van der Waals surface area contributed by atoms with Crippen LogP contribution >= 0.6 is 0 Å². The number of nitrogens with two attached hydrogens (primary N) is 1. The summed E-state index contributed by atoms with van der Waals surface area (Å²) in [5, 5.41) is 8.21. The molecule has 8 heavy (non-hydrogen) atoms. The molecule has 48 valence electrons. The van der Waals surface area contributed by atoms with Gasteiger partial charge in [-0.05, 0) is 0 Å². The molecule has 1 fully saturated rings. The van der Waals surface area contributed by atoms with Crippen molar-refractivity contribution in [3.63, 3.8) is 0 Å². The van der Waals surface area contributed by atoms with Crippen molar-refractivity contribution in [1.82, 2.24) is 0 Å². The lowest BCUT2D eigenvalue weighted by Crippen LogP contribution is -2.10. The van der Waals surface area contributed by atoms with Crippen LogP contribution in [0.4, 0.5) is 0 Å². The van der Waals surface area contributed by atoms with Gasteiger partial charge in [0.05, 0.1) is 13.2 Å². The van der Waals surface area contributed by atoms with Gasteiger partial charge >= 0.3 is 0 Å². The molecule has 1 aliphatic rings. The zero-order chi connectivity index (χ0) is 5.98. The average Bonchev–Trinajstić information content (AvgIpc) is 2.42. The van der Waals surface area contributed by atoms with Gasteiger partial charge in [-0.1, -0.05) is 0 Å². The SMILES string of the molecule is NC1OC1OCCO. The van der Waals surface area contributed by atoms with Crippen LogP contribution in [0.25, 0.3) is 0 Å². The van der Waals surface area contributed by atoms with Crippen LogP contribution in [0.1, 0.15) is 0 Å². The number of hydrogen-bond acceptors (Lipinski definition) is 4. The van der Waals surface area contributed by atoms with Gasteiger partial charge < -0.3 is 20.3 Å². The third kappa shape index (κ3) is 1.41. The van der Waals surface area contributed by atoms with Crippen LogP contribution in [0.3, 0.4) is 0 Å². The molecule has 3 N–H and O–H groups in total. The third-order valence-electron chi connectivity index (χ3n) is 0.856. The van der Waals surface area contributed by atoms with Crippen molar-refractivity contribution in [3.8, 4) is 0 Å². The Bertz CT molecular complexity index is 77.7. The summed E-state index contributed by atoms with van der Waals surface area (Å²) in [5.74, 6) is 0. The fraction of sp³-hybridized carbons (Fsp3) is 1.00. The second-order valence-corrected chi connectivity index (χ2v) is 1.56. The molecule has 0 aromatic carbocycles. The molecule has 0 spiro atoms. The molecule has 1 rings (SSSR count). The summed E-state index contributed by atoms with van der Waals surface area (Å²) < 4.78 is 9.48. The molecule has 4 heteroatoms. The molecule has 4 nitrogen and oxygen atoms in total. The van der Waals surface area contributed by atoms with E-state index in [0.717, 1.165) is 0 Å². The Labute approximate surface area is 47.2 Å². The second-order valence-electron chi connectivity index (χ2n) is 1.56. The van der Waals surface area contributed by atoms with Crippen molar-refractivity contribution < 1.29 is 14.6 Å². The lowest BCUT2D eigenvalue weighted by molar-refractivity contribution is 0.0276. The summed E-state index contributed by atoms with van der Waals surface area (Å²) in [6.45, 7) is 0.324. The molecule has 0 aromatic heterocycles. The average molecular weight is 119 g/mol. The van der Waals surface area contributed by atoms with Gasteiger partial charge in [-0.15, -0.1) is 0 Å². The molecule has 0 saturated carbocycles. The van der Waals surface area contributed by atoms with E-state index in [1.165, 1.54) is 0 Å². The van der Waals surface area contributed by atoms with Crippen LogP contribution in [-0.4, -0.2) is 30.8 Å². The van der Waals surface area contributed by atoms with E-state index in [1.807, 2.05) is 0 Å². The molecule has 1 heterocycles. The number of aliphatic hydroxyl groups excluding tert-OH is 1. The number of aliphatic hydroxyl groups is 1. The molecule has 0 aromatic rings. The van der Waals surface area contributed by atoms with E-state index in [0.29, 0.717) is 6.61 Å². The lowest BCUT2D eigenvalue weighted by atomic mass is 10.7. The van der Waals surface area contributed by atoms with Gasteiger partial charge in [0.25, 0.3) is 0 Å². The van der Waals surface area contributed by atoms with E-state index < -0.39 is 0 Å². The van der Waals surface area contributed by atoms with Gasteiger partial charge in [-0.3, -0.25) is 0 Å². The highest BCUT2D eigenvalue weighted by Gasteiger charge is 2.35. The highest BCUT2D eigenvalue weighted by atomic mass is 16.8. The maximum absolute atomic E-state index is 8.21. The zero-order valence-electron chi connectivity index (χ0n) is 4.41. The van der Waals surface area contributed by atoms with Crippen LogP contribution in [0.5, 0.6) is 0 Å². The van der Waals surface area contributed by atoms with Crippen LogP contribution < -0.4 is 5.73 Å². The molecule has 0 amide bonds. The summed E-state index contributed by atoms with van der Waals surface area (Å²) >= 11 is 0. The Kier molecular flexibility index (Phi) is 1.80. The first-order valence-corrected chi connectivity index (χ1v) is 2.48. The van der Waals surface area contributed by atoms with Crippen molar-refractivity contribution in [2.45, 2.75) is 12.5 Å². The summed E-state index contributed by atoms with van der Waals surface area (Å²) in [5.41, 5.74) is 5.18. The van der Waals surface area contributed by atoms with E-state index in [1.54, 1.807) is 0 Å². The number of ether oxygens (including phenoxy) is 2. The van der Waals surface area contributed by atoms with Crippen molar-refractivity contribution >= 4 is 0 Å². The maximum Gasteiger partial charge on any atom is 0.199 e. The van der Waals surface area contributed by atoms with E-state index >= 15 is 0 Å². The first-order valence-electron chi connectivity index (χ1n) is 2.48. The molecule has 0 radical (unpaired) electrons. The minimum absolute atomic E-state index is 0.0204. The largest absolute Gasteiger partial charge is 0.394 e. The number of hydrogen-bond donors (Lipinski definition) is 2. The second kappa shape index (κ2) is 2.41. The maximum atomic E-state index is 8.21. The monoisotopic (exact) mass is 119 g/mol. The topological polar surface area (TPSA) is 68.0 Å². The first-order chi connectivity index (χ1) is 3.84. The molecular formula is C4H9NO3. The fourth-order valence-electron chi connectivity index (χ4n) is 0.412. The Morgan fingerprint density at radius 2 is 2.38 bits per heavy atom. The van der Waals surface area contributed by atoms with E-state index in [-0.39, 0.29) is 19.1 Å². The van der Waals surface area contributed by atoms with Crippen LogP contribution in [0, 0.1) is 0 Å². The van der Waals surface area contributed by atoms with Crippen molar-refractivity contribution in [2.75, 3.05) is 13.2 Å². The summed E-state index contributed by atoms with van der Waals surface area (Å²) in [4.78, 5) is 0. The molecule has 1 saturated heterocycles. The smallest absolute Gasteiger partial charge is 0.199 e. The van der Waals surface area contributed by atoms with E-state index in [9.17, 15) is 0 Å². The minimum Gasteiger partial charge on any atom is -0.394 e. The normalized spacial score (nSPS) is 35.2. The Morgan fingerprint density at radius 1 is 1.75 bits per heavy atom. The molecule has 1 aliphatic heterocycles. The van der Waals surface area contributed by atoms with Crippen LogP contribution in [0.2, 0.25) is 0 Å². The fourth-order valence-corrected chi connectivity index (χ4v) is 0.412. The first kappa shape index (κ1) is 5.97. The zero-order valence-corrected chi connectivity index (χ0v) is 4.41. The molecule has 2 atom stereocenters. The molecule has 0 bridgehead atoms. The van der Waals surface area contributed by atoms with Gasteiger partial charge in [0.15, 0.2) is 12.5 Å². The Balaban J connectivity index is 1.89. The predicted molar refractivity (Wildman–Crippen MR) is 25.9 cm³/mol. The van der Waals surface area contributed by atoms with Gasteiger partial charge in [0.2, 0.25) is 0 Å². The summed E-state index contributed by atoms with van der Waals surface area (Å²) in [6.07, 6.45) is -0.524. The quantitative estimate of drug-likeness (QED) is 0.450. The van der Waals surface area contributed by atoms with Gasteiger partial charge in [0, 0.05) is 0 Å². The minimum atomic E-state index is -0.262. The van der Waals surface area contributed by atoms with Crippen molar-refractivity contribution in [3.05, 3.63) is 0 Å². The summed E-state index contributed by atoms with van der Waals surface area (Å²) in [7, 11) is 0. The van der Waals surface area contributed by atoms with E-state index in [4.69, 9.17) is 15.6 Å². The highest BCUT2D eigenvalue weighted by molar-refractivity contribution is 4.68. The molecule has 2 unspecified atom stereocenters. The standard InChI is InChI=1S/C4H9NO3/c5-3-4(8-3)7-2-1-6/h3-4,6H,1-2,5H2. The van der Waals surface area contributed by atoms with Crippen LogP contribution in [0.15, 0.2) is 0 Å². The number of epoxide rings is 1. The molecule has 0 aliphatic carbocycles. The van der Waals surface area contributed by atoms with Crippen molar-refractivity contribution in [2.24, 2.45) is 5.73 Å². The van der Waals surface area contributed by atoms with Gasteiger partial charge in [0.1, 0.15) is 0 Å². The van der Waals surface area contributed by atoms with Crippen molar-refractivity contribution in [1.29, 1.82) is 0 Å². The van der Waals surface area contributed by atoms with Gasteiger partial charge in [-0.25, -0.2) is 0 Å². The summed E-state index contributed by atoms with van der Waals surface area (Å²) in [6, 6.07) is 0. The Morgan fingerprint density at radius 3 is 2.75 bits per heavy atom. The van der Waals surface area contributed by atoms with Gasteiger partial charge in [-0.2, -0.15) is 0 Å². The molecular weight excluding hydrogens is 110 g/mol. The van der Waals surface area contributed by atoms with E-state index in [2.05, 4.69) is 4.74 Å². The number of rotatable bonds is 3. The Hall–Kier alpha value is -0.160. The lowest BCUT2D eigenvalue weighted by Gasteiger charge is -1.91. The predicted octanol–water partition coefficient (Wildman–Crippen LogP) is -1.36.